The number of rotatable bonds is 4. The van der Waals surface area contributed by atoms with Crippen LogP contribution in [0.4, 0.5) is 5.69 Å². The van der Waals surface area contributed by atoms with Crippen molar-refractivity contribution in [3.63, 3.8) is 0 Å². The molecule has 1 N–H and O–H groups in total. The first-order chi connectivity index (χ1) is 9.52. The minimum atomic E-state index is -2.92. The molecule has 0 spiro atoms. The van der Waals surface area contributed by atoms with Gasteiger partial charge < -0.3 is 5.32 Å². The highest BCUT2D eigenvalue weighted by Gasteiger charge is 2.30. The molecule has 1 aliphatic heterocycles. The summed E-state index contributed by atoms with van der Waals surface area (Å²) in [4.78, 5) is 14.3. The van der Waals surface area contributed by atoms with E-state index in [9.17, 15) is 13.2 Å². The smallest absolute Gasteiger partial charge is 0.241 e. The summed E-state index contributed by atoms with van der Waals surface area (Å²) in [6.45, 7) is 2.81. The molecule has 1 aliphatic rings. The number of carbonyl (C=O) groups excluding carboxylic acids is 1. The predicted molar refractivity (Wildman–Crippen MR) is 79.4 cm³/mol. The number of carbonyl (C=O) groups is 1. The predicted octanol–water partition coefficient (Wildman–Crippen LogP) is 1.13. The summed E-state index contributed by atoms with van der Waals surface area (Å²) in [5, 5.41) is 2.88. The normalized spacial score (nSPS) is 20.2. The highest BCUT2D eigenvalue weighted by Crippen LogP contribution is 2.13. The van der Waals surface area contributed by atoms with E-state index in [0.29, 0.717) is 19.5 Å². The second-order valence-electron chi connectivity index (χ2n) is 4.97. The van der Waals surface area contributed by atoms with E-state index in [1.54, 1.807) is 0 Å². The number of benzene rings is 1. The lowest BCUT2D eigenvalue weighted by atomic mass is 10.1. The topological polar surface area (TPSA) is 66.5 Å². The Labute approximate surface area is 119 Å². The fourth-order valence-electron chi connectivity index (χ4n) is 2.39. The van der Waals surface area contributed by atoms with Crippen molar-refractivity contribution < 1.29 is 13.2 Å². The first kappa shape index (κ1) is 15.0. The van der Waals surface area contributed by atoms with Crippen molar-refractivity contribution in [2.24, 2.45) is 0 Å². The molecule has 1 fully saturated rings. The Balaban J connectivity index is 1.99. The van der Waals surface area contributed by atoms with Crippen LogP contribution in [0.3, 0.4) is 0 Å². The zero-order chi connectivity index (χ0) is 14.6. The summed E-state index contributed by atoms with van der Waals surface area (Å²) in [6.07, 6.45) is 0.665. The van der Waals surface area contributed by atoms with Crippen LogP contribution >= 0.6 is 0 Å². The number of hydrogen-bond donors (Lipinski definition) is 1. The molecule has 1 saturated heterocycles. The number of sulfone groups is 1. The van der Waals surface area contributed by atoms with E-state index in [-0.39, 0.29) is 23.5 Å². The van der Waals surface area contributed by atoms with Gasteiger partial charge in [-0.15, -0.1) is 0 Å². The van der Waals surface area contributed by atoms with E-state index in [4.69, 9.17) is 0 Å². The third kappa shape index (κ3) is 3.80. The van der Waals surface area contributed by atoms with Gasteiger partial charge in [0.05, 0.1) is 17.5 Å². The zero-order valence-electron chi connectivity index (χ0n) is 11.6. The van der Waals surface area contributed by atoms with Crippen molar-refractivity contribution in [3.8, 4) is 0 Å². The van der Waals surface area contributed by atoms with E-state index in [1.807, 2.05) is 42.2 Å². The quantitative estimate of drug-likeness (QED) is 0.904. The van der Waals surface area contributed by atoms with Gasteiger partial charge in [-0.1, -0.05) is 25.1 Å². The first-order valence-corrected chi connectivity index (χ1v) is 8.64. The summed E-state index contributed by atoms with van der Waals surface area (Å²) in [5.74, 6) is 0.211. The number of anilines is 1. The minimum Gasteiger partial charge on any atom is -0.325 e. The van der Waals surface area contributed by atoms with Gasteiger partial charge in [0, 0.05) is 18.8 Å². The van der Waals surface area contributed by atoms with Gasteiger partial charge in [-0.05, 0) is 18.6 Å². The molecule has 0 aromatic heterocycles. The summed E-state index contributed by atoms with van der Waals surface area (Å²) in [7, 11) is -2.92. The van der Waals surface area contributed by atoms with Crippen molar-refractivity contribution in [1.29, 1.82) is 0 Å². The summed E-state index contributed by atoms with van der Waals surface area (Å²) >= 11 is 0. The van der Waals surface area contributed by atoms with Crippen molar-refractivity contribution in [2.45, 2.75) is 19.4 Å². The van der Waals surface area contributed by atoms with Gasteiger partial charge in [-0.3, -0.25) is 9.69 Å². The highest BCUT2D eigenvalue weighted by molar-refractivity contribution is 7.91. The van der Waals surface area contributed by atoms with Gasteiger partial charge in [0.15, 0.2) is 9.84 Å². The molecule has 0 saturated carbocycles. The van der Waals surface area contributed by atoms with E-state index in [2.05, 4.69) is 5.32 Å². The molecule has 6 heteroatoms. The van der Waals surface area contributed by atoms with E-state index >= 15 is 0 Å². The number of hydrogen-bond acceptors (Lipinski definition) is 4. The van der Waals surface area contributed by atoms with E-state index in [0.717, 1.165) is 5.69 Å². The molecule has 0 bridgehead atoms. The summed E-state index contributed by atoms with van der Waals surface area (Å²) in [6, 6.07) is 9.03. The van der Waals surface area contributed by atoms with Crippen molar-refractivity contribution in [3.05, 3.63) is 30.3 Å². The van der Waals surface area contributed by atoms with Gasteiger partial charge in [-0.25, -0.2) is 8.42 Å². The SMILES string of the molecule is CCC(C(=O)Nc1ccccc1)N1CCS(=O)(=O)CC1. The lowest BCUT2D eigenvalue weighted by Gasteiger charge is -2.32. The van der Waals surface area contributed by atoms with E-state index < -0.39 is 9.84 Å². The van der Waals surface area contributed by atoms with Gasteiger partial charge >= 0.3 is 0 Å². The number of para-hydroxylation sites is 1. The standard InChI is InChI=1S/C14H20N2O3S/c1-2-13(16-8-10-20(18,19)11-9-16)14(17)15-12-6-4-3-5-7-12/h3-7,13H,2,8-11H2,1H3,(H,15,17). The van der Waals surface area contributed by atoms with Crippen LogP contribution < -0.4 is 5.32 Å². The molecule has 1 aromatic carbocycles. The Morgan fingerprint density at radius 3 is 2.40 bits per heavy atom. The second kappa shape index (κ2) is 6.37. The van der Waals surface area contributed by atoms with Gasteiger partial charge in [-0.2, -0.15) is 0 Å². The van der Waals surface area contributed by atoms with Crippen LogP contribution in [-0.2, 0) is 14.6 Å². The third-order valence-corrected chi connectivity index (χ3v) is 5.16. The Morgan fingerprint density at radius 2 is 1.85 bits per heavy atom. The Hall–Kier alpha value is -1.40. The average molecular weight is 296 g/mol. The highest BCUT2D eigenvalue weighted by atomic mass is 32.2. The third-order valence-electron chi connectivity index (χ3n) is 3.55. The molecule has 0 radical (unpaired) electrons. The molecule has 5 nitrogen and oxygen atoms in total. The first-order valence-electron chi connectivity index (χ1n) is 6.82. The molecular formula is C14H20N2O3S. The Bertz CT molecular complexity index is 543. The van der Waals surface area contributed by atoms with E-state index in [1.165, 1.54) is 0 Å². The molecule has 20 heavy (non-hydrogen) atoms. The molecular weight excluding hydrogens is 276 g/mol. The number of amides is 1. The van der Waals surface area contributed by atoms with Crippen LogP contribution in [0.5, 0.6) is 0 Å². The average Bonchev–Trinajstić information content (AvgIpc) is 2.42. The van der Waals surface area contributed by atoms with Gasteiger partial charge in [0.1, 0.15) is 0 Å². The van der Waals surface area contributed by atoms with Crippen molar-refractivity contribution in [2.75, 3.05) is 29.9 Å². The van der Waals surface area contributed by atoms with Crippen molar-refractivity contribution >= 4 is 21.4 Å². The summed E-state index contributed by atoms with van der Waals surface area (Å²) < 4.78 is 22.9. The summed E-state index contributed by atoms with van der Waals surface area (Å²) in [5.41, 5.74) is 0.764. The minimum absolute atomic E-state index is 0.0713. The van der Waals surface area contributed by atoms with Gasteiger partial charge in [0.2, 0.25) is 5.91 Å². The molecule has 0 aliphatic carbocycles. The monoisotopic (exact) mass is 296 g/mol. The Morgan fingerprint density at radius 1 is 1.25 bits per heavy atom. The zero-order valence-corrected chi connectivity index (χ0v) is 12.4. The Kier molecular flexibility index (Phi) is 4.77. The number of nitrogens with zero attached hydrogens (tertiary/aromatic N) is 1. The van der Waals surface area contributed by atoms with Gasteiger partial charge in [0.25, 0.3) is 0 Å². The van der Waals surface area contributed by atoms with Crippen LogP contribution in [0.1, 0.15) is 13.3 Å². The van der Waals surface area contributed by atoms with Crippen LogP contribution in [-0.4, -0.2) is 49.9 Å². The van der Waals surface area contributed by atoms with Crippen LogP contribution in [0.2, 0.25) is 0 Å². The molecule has 1 atom stereocenters. The molecule has 1 heterocycles. The molecule has 1 aromatic rings. The van der Waals surface area contributed by atoms with Crippen LogP contribution in [0.15, 0.2) is 30.3 Å². The molecule has 110 valence electrons. The molecule has 1 amide bonds. The maximum absolute atomic E-state index is 12.3. The number of nitrogens with one attached hydrogen (secondary N) is 1. The maximum Gasteiger partial charge on any atom is 0.241 e. The fourth-order valence-corrected chi connectivity index (χ4v) is 3.62. The second-order valence-corrected chi connectivity index (χ2v) is 7.27. The van der Waals surface area contributed by atoms with Crippen molar-refractivity contribution in [1.82, 2.24) is 4.90 Å². The van der Waals surface area contributed by atoms with Crippen LogP contribution in [0.25, 0.3) is 0 Å². The molecule has 2 rings (SSSR count). The lowest BCUT2D eigenvalue weighted by Crippen LogP contribution is -2.50. The largest absolute Gasteiger partial charge is 0.325 e. The fraction of sp³-hybridized carbons (Fsp3) is 0.500. The lowest BCUT2D eigenvalue weighted by molar-refractivity contribution is -0.121. The molecule has 1 unspecified atom stereocenters. The maximum atomic E-state index is 12.3. The van der Waals surface area contributed by atoms with Crippen LogP contribution in [0, 0.1) is 0 Å².